The van der Waals surface area contributed by atoms with Gasteiger partial charge in [0.1, 0.15) is 0 Å². The number of aromatic carboxylic acids is 1. The fourth-order valence-electron chi connectivity index (χ4n) is 1.23. The molecule has 0 saturated heterocycles. The lowest BCUT2D eigenvalue weighted by Gasteiger charge is -2.16. The molecule has 0 radical (unpaired) electrons. The zero-order valence-corrected chi connectivity index (χ0v) is 8.67. The summed E-state index contributed by atoms with van der Waals surface area (Å²) in [6, 6.07) is 3.11. The third kappa shape index (κ3) is 2.44. The molecule has 0 bridgehead atoms. The Labute approximate surface area is 90.1 Å². The maximum absolute atomic E-state index is 12.6. The fourth-order valence-corrected chi connectivity index (χ4v) is 1.23. The van der Waals surface area contributed by atoms with Crippen LogP contribution in [0.1, 0.15) is 15.9 Å². The Hall–Kier alpha value is -1.72. The van der Waals surface area contributed by atoms with Crippen LogP contribution in [0.5, 0.6) is 0 Å². The van der Waals surface area contributed by atoms with E-state index >= 15 is 0 Å². The number of alkyl halides is 3. The number of rotatable bonds is 2. The molecule has 3 nitrogen and oxygen atoms in total. The van der Waals surface area contributed by atoms with Crippen LogP contribution in [-0.2, 0) is 6.18 Å². The van der Waals surface area contributed by atoms with E-state index < -0.39 is 23.3 Å². The molecule has 0 amide bonds. The summed E-state index contributed by atoms with van der Waals surface area (Å²) in [6.45, 7) is 0. The van der Waals surface area contributed by atoms with Crippen LogP contribution in [0.2, 0.25) is 0 Å². The normalized spacial score (nSPS) is 11.3. The molecule has 1 aromatic carbocycles. The monoisotopic (exact) mass is 233 g/mol. The first-order valence-corrected chi connectivity index (χ1v) is 4.35. The van der Waals surface area contributed by atoms with E-state index in [-0.39, 0.29) is 0 Å². The van der Waals surface area contributed by atoms with Crippen molar-refractivity contribution in [2.24, 2.45) is 0 Å². The number of carboxylic acid groups (broad SMARTS) is 1. The number of benzene rings is 1. The highest BCUT2D eigenvalue weighted by atomic mass is 19.4. The maximum atomic E-state index is 12.6. The fraction of sp³-hybridized carbons (Fsp3) is 0.300. The van der Waals surface area contributed by atoms with Gasteiger partial charge in [-0.1, -0.05) is 0 Å². The minimum absolute atomic E-state index is 0.303. The molecule has 0 unspecified atom stereocenters. The van der Waals surface area contributed by atoms with Gasteiger partial charge < -0.3 is 10.0 Å². The van der Waals surface area contributed by atoms with Crippen molar-refractivity contribution in [2.45, 2.75) is 6.18 Å². The Balaban J connectivity index is 3.39. The van der Waals surface area contributed by atoms with Crippen molar-refractivity contribution in [3.8, 4) is 0 Å². The second kappa shape index (κ2) is 4.03. The van der Waals surface area contributed by atoms with Crippen LogP contribution in [0, 0.1) is 0 Å². The van der Waals surface area contributed by atoms with E-state index in [1.807, 2.05) is 0 Å². The highest BCUT2D eigenvalue weighted by Crippen LogP contribution is 2.34. The third-order valence-electron chi connectivity index (χ3n) is 2.06. The van der Waals surface area contributed by atoms with Gasteiger partial charge in [-0.2, -0.15) is 13.2 Å². The average molecular weight is 233 g/mol. The van der Waals surface area contributed by atoms with Crippen molar-refractivity contribution in [2.75, 3.05) is 19.0 Å². The smallest absolute Gasteiger partial charge is 0.417 e. The van der Waals surface area contributed by atoms with Crippen LogP contribution in [-0.4, -0.2) is 25.2 Å². The second-order valence-corrected chi connectivity index (χ2v) is 3.43. The van der Waals surface area contributed by atoms with Gasteiger partial charge in [-0.05, 0) is 18.2 Å². The van der Waals surface area contributed by atoms with Crippen LogP contribution in [0.15, 0.2) is 18.2 Å². The number of carbonyl (C=O) groups is 1. The summed E-state index contributed by atoms with van der Waals surface area (Å²) in [6.07, 6.45) is -4.67. The molecule has 0 aliphatic rings. The molecule has 0 aliphatic heterocycles. The van der Waals surface area contributed by atoms with E-state index in [1.165, 1.54) is 11.0 Å². The van der Waals surface area contributed by atoms with E-state index in [1.54, 1.807) is 14.1 Å². The van der Waals surface area contributed by atoms with E-state index in [0.29, 0.717) is 5.69 Å². The number of hydrogen-bond acceptors (Lipinski definition) is 2. The van der Waals surface area contributed by atoms with Crippen LogP contribution in [0.25, 0.3) is 0 Å². The SMILES string of the molecule is CN(C)c1ccc(C(=O)O)c(C(F)(F)F)c1. The van der Waals surface area contributed by atoms with Crippen molar-refractivity contribution < 1.29 is 23.1 Å². The Morgan fingerprint density at radius 1 is 1.31 bits per heavy atom. The Bertz CT molecular complexity index is 413. The molecule has 0 spiro atoms. The first kappa shape index (κ1) is 12.4. The minimum atomic E-state index is -4.67. The zero-order valence-electron chi connectivity index (χ0n) is 8.67. The summed E-state index contributed by atoms with van der Waals surface area (Å²) in [5, 5.41) is 8.64. The quantitative estimate of drug-likeness (QED) is 0.853. The van der Waals surface area contributed by atoms with Crippen molar-refractivity contribution in [3.05, 3.63) is 29.3 Å². The molecule has 0 aliphatic carbocycles. The molecule has 16 heavy (non-hydrogen) atoms. The van der Waals surface area contributed by atoms with Crippen LogP contribution < -0.4 is 4.90 Å². The molecule has 0 saturated carbocycles. The second-order valence-electron chi connectivity index (χ2n) is 3.43. The molecular formula is C10H10F3NO2. The molecule has 1 N–H and O–H groups in total. The summed E-state index contributed by atoms with van der Waals surface area (Å²) in [4.78, 5) is 12.1. The van der Waals surface area contributed by atoms with E-state index in [2.05, 4.69) is 0 Å². The summed E-state index contributed by atoms with van der Waals surface area (Å²) in [7, 11) is 3.16. The van der Waals surface area contributed by atoms with E-state index in [4.69, 9.17) is 5.11 Å². The summed E-state index contributed by atoms with van der Waals surface area (Å²) in [5.41, 5.74) is -1.57. The summed E-state index contributed by atoms with van der Waals surface area (Å²) in [5.74, 6) is -1.59. The number of halogens is 3. The van der Waals surface area contributed by atoms with Gasteiger partial charge >= 0.3 is 12.1 Å². The molecule has 6 heteroatoms. The number of hydrogen-bond donors (Lipinski definition) is 1. The minimum Gasteiger partial charge on any atom is -0.478 e. The van der Waals surface area contributed by atoms with Crippen LogP contribution >= 0.6 is 0 Å². The lowest BCUT2D eigenvalue weighted by molar-refractivity contribution is -0.138. The van der Waals surface area contributed by atoms with Gasteiger partial charge in [0.25, 0.3) is 0 Å². The lowest BCUT2D eigenvalue weighted by Crippen LogP contribution is -2.16. The van der Waals surface area contributed by atoms with Gasteiger partial charge in [0.15, 0.2) is 0 Å². The van der Waals surface area contributed by atoms with E-state index in [0.717, 1.165) is 12.1 Å². The molecule has 1 rings (SSSR count). The van der Waals surface area contributed by atoms with E-state index in [9.17, 15) is 18.0 Å². The first-order valence-electron chi connectivity index (χ1n) is 4.35. The number of anilines is 1. The van der Waals surface area contributed by atoms with Gasteiger partial charge in [0.2, 0.25) is 0 Å². The molecule has 88 valence electrons. The highest BCUT2D eigenvalue weighted by molar-refractivity contribution is 5.90. The molecule has 1 aromatic rings. The zero-order chi connectivity index (χ0) is 12.5. The van der Waals surface area contributed by atoms with Gasteiger partial charge in [0.05, 0.1) is 11.1 Å². The molecule has 0 fully saturated rings. The molecular weight excluding hydrogens is 223 g/mol. The molecule has 0 heterocycles. The molecule has 0 aromatic heterocycles. The van der Waals surface area contributed by atoms with Crippen molar-refractivity contribution in [1.82, 2.24) is 0 Å². The lowest BCUT2D eigenvalue weighted by atomic mass is 10.1. The van der Waals surface area contributed by atoms with Crippen molar-refractivity contribution in [3.63, 3.8) is 0 Å². The Morgan fingerprint density at radius 3 is 2.25 bits per heavy atom. The van der Waals surface area contributed by atoms with Crippen molar-refractivity contribution in [1.29, 1.82) is 0 Å². The highest BCUT2D eigenvalue weighted by Gasteiger charge is 2.35. The van der Waals surface area contributed by atoms with Gasteiger partial charge in [-0.15, -0.1) is 0 Å². The Morgan fingerprint density at radius 2 is 1.88 bits per heavy atom. The van der Waals surface area contributed by atoms with Gasteiger partial charge in [-0.3, -0.25) is 0 Å². The van der Waals surface area contributed by atoms with Gasteiger partial charge in [0, 0.05) is 19.8 Å². The average Bonchev–Trinajstić information content (AvgIpc) is 2.15. The predicted molar refractivity (Wildman–Crippen MR) is 52.7 cm³/mol. The third-order valence-corrected chi connectivity index (χ3v) is 2.06. The summed E-state index contributed by atoms with van der Waals surface area (Å²) < 4.78 is 37.7. The largest absolute Gasteiger partial charge is 0.478 e. The Kier molecular flexibility index (Phi) is 3.11. The molecule has 0 atom stereocenters. The standard InChI is InChI=1S/C10H10F3NO2/c1-14(2)6-3-4-7(9(15)16)8(5-6)10(11,12)13/h3-5H,1-2H3,(H,15,16). The van der Waals surface area contributed by atoms with Gasteiger partial charge in [-0.25, -0.2) is 4.79 Å². The maximum Gasteiger partial charge on any atom is 0.417 e. The first-order chi connectivity index (χ1) is 7.23. The van der Waals surface area contributed by atoms with Crippen LogP contribution in [0.3, 0.4) is 0 Å². The number of nitrogens with zero attached hydrogens (tertiary/aromatic N) is 1. The van der Waals surface area contributed by atoms with Crippen LogP contribution in [0.4, 0.5) is 18.9 Å². The van der Waals surface area contributed by atoms with Crippen molar-refractivity contribution >= 4 is 11.7 Å². The predicted octanol–water partition coefficient (Wildman–Crippen LogP) is 2.47. The number of carboxylic acids is 1. The summed E-state index contributed by atoms with van der Waals surface area (Å²) >= 11 is 0. The topological polar surface area (TPSA) is 40.5 Å².